The number of carbonyl (C=O) groups excluding carboxylic acids is 1. The molecule has 0 aliphatic heterocycles. The third-order valence-corrected chi connectivity index (χ3v) is 3.11. The first kappa shape index (κ1) is 12.6. The van der Waals surface area contributed by atoms with Gasteiger partial charge in [-0.2, -0.15) is 0 Å². The average Bonchev–Trinajstić information content (AvgIpc) is 2.40. The van der Waals surface area contributed by atoms with E-state index in [4.69, 9.17) is 0 Å². The molecular formula is C14H13BrN2O. The highest BCUT2D eigenvalue weighted by atomic mass is 79.9. The smallest absolute Gasteiger partial charge is 0.319 e. The molecule has 0 heterocycles. The Morgan fingerprint density at radius 3 is 2.39 bits per heavy atom. The number of anilines is 1. The molecule has 0 aliphatic carbocycles. The molecule has 0 saturated heterocycles. The summed E-state index contributed by atoms with van der Waals surface area (Å²) in [6.45, 7) is 0.511. The third-order valence-electron chi connectivity index (χ3n) is 2.42. The summed E-state index contributed by atoms with van der Waals surface area (Å²) in [7, 11) is 0. The van der Waals surface area contributed by atoms with Gasteiger partial charge in [0.05, 0.1) is 5.69 Å². The van der Waals surface area contributed by atoms with Gasteiger partial charge in [0.25, 0.3) is 0 Å². The van der Waals surface area contributed by atoms with E-state index >= 15 is 0 Å². The van der Waals surface area contributed by atoms with Gasteiger partial charge in [-0.05, 0) is 33.6 Å². The molecule has 0 bridgehead atoms. The molecule has 0 spiro atoms. The van der Waals surface area contributed by atoms with Crippen LogP contribution in [0.5, 0.6) is 0 Å². The van der Waals surface area contributed by atoms with E-state index in [0.29, 0.717) is 6.54 Å². The van der Waals surface area contributed by atoms with Crippen molar-refractivity contribution in [2.75, 3.05) is 5.32 Å². The maximum atomic E-state index is 11.7. The lowest BCUT2D eigenvalue weighted by molar-refractivity contribution is 0.251. The van der Waals surface area contributed by atoms with Crippen molar-refractivity contribution in [3.8, 4) is 0 Å². The molecule has 2 amide bonds. The highest BCUT2D eigenvalue weighted by molar-refractivity contribution is 9.10. The van der Waals surface area contributed by atoms with Crippen molar-refractivity contribution in [2.45, 2.75) is 6.54 Å². The van der Waals surface area contributed by atoms with Crippen molar-refractivity contribution in [1.82, 2.24) is 5.32 Å². The molecule has 0 saturated carbocycles. The van der Waals surface area contributed by atoms with Crippen LogP contribution in [0.3, 0.4) is 0 Å². The second-order valence-corrected chi connectivity index (χ2v) is 4.63. The molecule has 0 fully saturated rings. The summed E-state index contributed by atoms with van der Waals surface area (Å²) in [5.74, 6) is 0. The van der Waals surface area contributed by atoms with Gasteiger partial charge < -0.3 is 10.6 Å². The highest BCUT2D eigenvalue weighted by Crippen LogP contribution is 2.20. The van der Waals surface area contributed by atoms with Crippen molar-refractivity contribution in [2.24, 2.45) is 0 Å². The van der Waals surface area contributed by atoms with Gasteiger partial charge in [-0.3, -0.25) is 0 Å². The van der Waals surface area contributed by atoms with E-state index in [-0.39, 0.29) is 6.03 Å². The Balaban J connectivity index is 1.88. The SMILES string of the molecule is O=C(NCc1ccccc1)Nc1ccccc1Br. The number of hydrogen-bond acceptors (Lipinski definition) is 1. The van der Waals surface area contributed by atoms with Gasteiger partial charge in [0, 0.05) is 11.0 Å². The minimum Gasteiger partial charge on any atom is -0.334 e. The van der Waals surface area contributed by atoms with Crippen LogP contribution in [-0.2, 0) is 6.54 Å². The number of urea groups is 1. The van der Waals surface area contributed by atoms with E-state index in [9.17, 15) is 4.79 Å². The van der Waals surface area contributed by atoms with Gasteiger partial charge in [-0.1, -0.05) is 42.5 Å². The van der Waals surface area contributed by atoms with Crippen LogP contribution in [0, 0.1) is 0 Å². The second-order valence-electron chi connectivity index (χ2n) is 3.77. The fourth-order valence-corrected chi connectivity index (χ4v) is 1.89. The van der Waals surface area contributed by atoms with Gasteiger partial charge in [0.2, 0.25) is 0 Å². The lowest BCUT2D eigenvalue weighted by atomic mass is 10.2. The fourth-order valence-electron chi connectivity index (χ4n) is 1.51. The van der Waals surface area contributed by atoms with Crippen LogP contribution in [0.2, 0.25) is 0 Å². The van der Waals surface area contributed by atoms with Crippen molar-refractivity contribution < 1.29 is 4.79 Å². The van der Waals surface area contributed by atoms with Crippen molar-refractivity contribution in [1.29, 1.82) is 0 Å². The van der Waals surface area contributed by atoms with E-state index < -0.39 is 0 Å². The fraction of sp³-hybridized carbons (Fsp3) is 0.0714. The standard InChI is InChI=1S/C14H13BrN2O/c15-12-8-4-5-9-13(12)17-14(18)16-10-11-6-2-1-3-7-11/h1-9H,10H2,(H2,16,17,18). The molecule has 0 aliphatic rings. The summed E-state index contributed by atoms with van der Waals surface area (Å²) < 4.78 is 0.861. The van der Waals surface area contributed by atoms with Crippen molar-refractivity contribution in [3.05, 3.63) is 64.6 Å². The lowest BCUT2D eigenvalue weighted by Gasteiger charge is -2.08. The molecular weight excluding hydrogens is 292 g/mol. The third kappa shape index (κ3) is 3.60. The predicted molar refractivity (Wildman–Crippen MR) is 76.4 cm³/mol. The molecule has 92 valence electrons. The zero-order valence-corrected chi connectivity index (χ0v) is 11.3. The number of para-hydroxylation sites is 1. The lowest BCUT2D eigenvalue weighted by Crippen LogP contribution is -2.28. The number of amides is 2. The molecule has 0 unspecified atom stereocenters. The van der Waals surface area contributed by atoms with Crippen LogP contribution in [-0.4, -0.2) is 6.03 Å². The number of rotatable bonds is 3. The Morgan fingerprint density at radius 1 is 1.00 bits per heavy atom. The second kappa shape index (κ2) is 6.21. The molecule has 0 radical (unpaired) electrons. The Kier molecular flexibility index (Phi) is 4.36. The zero-order chi connectivity index (χ0) is 12.8. The summed E-state index contributed by atoms with van der Waals surface area (Å²) in [6.07, 6.45) is 0. The molecule has 18 heavy (non-hydrogen) atoms. The van der Waals surface area contributed by atoms with E-state index in [1.165, 1.54) is 0 Å². The summed E-state index contributed by atoms with van der Waals surface area (Å²) in [6, 6.07) is 17.1. The monoisotopic (exact) mass is 304 g/mol. The van der Waals surface area contributed by atoms with Gasteiger partial charge in [0.15, 0.2) is 0 Å². The van der Waals surface area contributed by atoms with Gasteiger partial charge >= 0.3 is 6.03 Å². The Hall–Kier alpha value is -1.81. The first-order valence-electron chi connectivity index (χ1n) is 5.59. The normalized spacial score (nSPS) is 9.83. The molecule has 0 aromatic heterocycles. The van der Waals surface area contributed by atoms with E-state index in [1.807, 2.05) is 54.6 Å². The van der Waals surface area contributed by atoms with E-state index in [1.54, 1.807) is 0 Å². The summed E-state index contributed by atoms with van der Waals surface area (Å²) >= 11 is 3.38. The van der Waals surface area contributed by atoms with Gasteiger partial charge in [-0.25, -0.2) is 4.79 Å². The topological polar surface area (TPSA) is 41.1 Å². The minimum atomic E-state index is -0.217. The zero-order valence-electron chi connectivity index (χ0n) is 9.69. The number of benzene rings is 2. The van der Waals surface area contributed by atoms with Crippen LogP contribution in [0.4, 0.5) is 10.5 Å². The summed E-state index contributed by atoms with van der Waals surface area (Å²) in [4.78, 5) is 11.7. The molecule has 4 heteroatoms. The number of carbonyl (C=O) groups is 1. The molecule has 0 atom stereocenters. The quantitative estimate of drug-likeness (QED) is 0.890. The van der Waals surface area contributed by atoms with Gasteiger partial charge in [0.1, 0.15) is 0 Å². The molecule has 2 N–H and O–H groups in total. The predicted octanol–water partition coefficient (Wildman–Crippen LogP) is 3.77. The molecule has 2 aromatic rings. The largest absolute Gasteiger partial charge is 0.334 e. The van der Waals surface area contributed by atoms with Crippen molar-refractivity contribution >= 4 is 27.6 Å². The van der Waals surface area contributed by atoms with Crippen molar-refractivity contribution in [3.63, 3.8) is 0 Å². The van der Waals surface area contributed by atoms with Crippen LogP contribution in [0.1, 0.15) is 5.56 Å². The van der Waals surface area contributed by atoms with Crippen LogP contribution < -0.4 is 10.6 Å². The van der Waals surface area contributed by atoms with Crippen LogP contribution >= 0.6 is 15.9 Å². The number of hydrogen-bond donors (Lipinski definition) is 2. The maximum absolute atomic E-state index is 11.7. The Labute approximate surface area is 114 Å². The summed E-state index contributed by atoms with van der Waals surface area (Å²) in [5, 5.41) is 5.59. The van der Waals surface area contributed by atoms with E-state index in [0.717, 1.165) is 15.7 Å². The number of halogens is 1. The molecule has 3 nitrogen and oxygen atoms in total. The maximum Gasteiger partial charge on any atom is 0.319 e. The van der Waals surface area contributed by atoms with Crippen LogP contribution in [0.15, 0.2) is 59.1 Å². The van der Waals surface area contributed by atoms with Crippen LogP contribution in [0.25, 0.3) is 0 Å². The first-order chi connectivity index (χ1) is 8.75. The number of nitrogens with one attached hydrogen (secondary N) is 2. The Morgan fingerprint density at radius 2 is 1.67 bits per heavy atom. The first-order valence-corrected chi connectivity index (χ1v) is 6.38. The highest BCUT2D eigenvalue weighted by Gasteiger charge is 2.03. The minimum absolute atomic E-state index is 0.217. The van der Waals surface area contributed by atoms with E-state index in [2.05, 4.69) is 26.6 Å². The molecule has 2 aromatic carbocycles. The summed E-state index contributed by atoms with van der Waals surface area (Å²) in [5.41, 5.74) is 1.82. The molecule has 2 rings (SSSR count). The van der Waals surface area contributed by atoms with Gasteiger partial charge in [-0.15, -0.1) is 0 Å². The Bertz CT molecular complexity index is 528. The average molecular weight is 305 g/mol.